The fourth-order valence-electron chi connectivity index (χ4n) is 4.33. The molecule has 11 heteroatoms. The molecule has 0 unspecified atom stereocenters. The number of ether oxygens (including phenoxy) is 1. The lowest BCUT2D eigenvalue weighted by molar-refractivity contribution is -0.123. The number of anilines is 2. The number of carbonyl (C=O) groups is 3. The fourth-order valence-corrected chi connectivity index (χ4v) is 5.07. The van der Waals surface area contributed by atoms with Crippen molar-refractivity contribution in [1.82, 2.24) is 9.69 Å². The number of furan rings is 1. The minimum absolute atomic E-state index is 0.00212. The number of primary amides is 1. The van der Waals surface area contributed by atoms with E-state index in [9.17, 15) is 14.4 Å². The van der Waals surface area contributed by atoms with E-state index in [1.165, 1.54) is 11.2 Å². The summed E-state index contributed by atoms with van der Waals surface area (Å²) in [5, 5.41) is 3.07. The van der Waals surface area contributed by atoms with Crippen LogP contribution < -0.4 is 26.4 Å². The molecule has 2 heterocycles. The molecule has 4 rings (SSSR count). The van der Waals surface area contributed by atoms with Crippen molar-refractivity contribution in [2.45, 2.75) is 57.5 Å². The van der Waals surface area contributed by atoms with Crippen molar-refractivity contribution in [2.24, 2.45) is 5.73 Å². The van der Waals surface area contributed by atoms with Crippen LogP contribution in [-0.2, 0) is 4.79 Å². The summed E-state index contributed by atoms with van der Waals surface area (Å²) in [7, 11) is 0. The van der Waals surface area contributed by atoms with E-state index in [2.05, 4.69) is 16.6 Å². The molecule has 0 bridgehead atoms. The lowest BCUT2D eigenvalue weighted by Crippen LogP contribution is -2.46. The van der Waals surface area contributed by atoms with Gasteiger partial charge in [0, 0.05) is 11.7 Å². The molecule has 3 aromatic rings. The second kappa shape index (κ2) is 11.9. The minimum Gasteiger partial charge on any atom is -0.494 e. The van der Waals surface area contributed by atoms with Gasteiger partial charge in [-0.1, -0.05) is 26.2 Å². The molecule has 0 spiro atoms. The summed E-state index contributed by atoms with van der Waals surface area (Å²) in [5.74, 6) is -0.899. The number of nitrogens with two attached hydrogens (primary N) is 2. The Labute approximate surface area is 219 Å². The normalized spacial score (nSPS) is 14.3. The number of carbonyl (C=O) groups excluding carboxylic acids is 3. The number of amides is 3. The van der Waals surface area contributed by atoms with Crippen molar-refractivity contribution in [3.8, 4) is 5.75 Å². The van der Waals surface area contributed by atoms with Crippen LogP contribution in [0.4, 0.5) is 11.4 Å². The van der Waals surface area contributed by atoms with Gasteiger partial charge in [0.25, 0.3) is 17.7 Å². The highest BCUT2D eigenvalue weighted by Crippen LogP contribution is 2.34. The van der Waals surface area contributed by atoms with Crippen LogP contribution in [0.25, 0.3) is 0 Å². The molecule has 1 aliphatic rings. The summed E-state index contributed by atoms with van der Waals surface area (Å²) in [6.07, 6.45) is 7.19. The van der Waals surface area contributed by atoms with E-state index in [4.69, 9.17) is 20.6 Å². The lowest BCUT2D eigenvalue weighted by Gasteiger charge is -2.30. The summed E-state index contributed by atoms with van der Waals surface area (Å²) in [4.78, 5) is 40.7. The van der Waals surface area contributed by atoms with Crippen LogP contribution in [-0.4, -0.2) is 34.7 Å². The Morgan fingerprint density at radius 1 is 1.22 bits per heavy atom. The number of rotatable bonds is 11. The van der Waals surface area contributed by atoms with Gasteiger partial charge < -0.3 is 25.9 Å². The van der Waals surface area contributed by atoms with Crippen LogP contribution in [0.1, 0.15) is 77.4 Å². The largest absolute Gasteiger partial charge is 0.494 e. The number of hydrogen-bond donors (Lipinski definition) is 3. The first-order valence-electron chi connectivity index (χ1n) is 12.4. The van der Waals surface area contributed by atoms with E-state index in [1.54, 1.807) is 36.4 Å². The van der Waals surface area contributed by atoms with Gasteiger partial charge in [0.1, 0.15) is 16.4 Å². The Kier molecular flexibility index (Phi) is 8.44. The second-order valence-corrected chi connectivity index (χ2v) is 9.69. The highest BCUT2D eigenvalue weighted by molar-refractivity contribution is 7.09. The summed E-state index contributed by atoms with van der Waals surface area (Å²) in [6.45, 7) is 2.65. The van der Waals surface area contributed by atoms with E-state index in [0.717, 1.165) is 50.1 Å². The maximum atomic E-state index is 14.0. The van der Waals surface area contributed by atoms with Gasteiger partial charge in [-0.3, -0.25) is 19.3 Å². The molecule has 1 saturated carbocycles. The second-order valence-electron chi connectivity index (χ2n) is 8.92. The summed E-state index contributed by atoms with van der Waals surface area (Å²) >= 11 is 0.758. The van der Waals surface area contributed by atoms with Crippen LogP contribution in [0.5, 0.6) is 5.75 Å². The number of benzene rings is 1. The third-order valence-corrected chi connectivity index (χ3v) is 7.13. The smallest absolute Gasteiger partial charge is 0.273 e. The fraction of sp³-hybridized carbons (Fsp3) is 0.385. The minimum atomic E-state index is -1.13. The van der Waals surface area contributed by atoms with E-state index >= 15 is 0 Å². The van der Waals surface area contributed by atoms with Gasteiger partial charge in [0.2, 0.25) is 0 Å². The Balaban J connectivity index is 1.75. The molecule has 3 amide bonds. The first-order valence-corrected chi connectivity index (χ1v) is 13.1. The highest BCUT2D eigenvalue weighted by atomic mass is 32.1. The van der Waals surface area contributed by atoms with E-state index in [0.29, 0.717) is 18.0 Å². The molecule has 1 aromatic carbocycles. The van der Waals surface area contributed by atoms with Gasteiger partial charge in [-0.25, -0.2) is 0 Å². The molecule has 2 aromatic heterocycles. The van der Waals surface area contributed by atoms with Crippen molar-refractivity contribution >= 4 is 40.6 Å². The Morgan fingerprint density at radius 2 is 1.95 bits per heavy atom. The Hall–Kier alpha value is -3.86. The van der Waals surface area contributed by atoms with Crippen molar-refractivity contribution in [1.29, 1.82) is 0 Å². The van der Waals surface area contributed by atoms with Crippen LogP contribution >= 0.6 is 11.5 Å². The molecule has 37 heavy (non-hydrogen) atoms. The zero-order valence-corrected chi connectivity index (χ0v) is 21.5. The van der Waals surface area contributed by atoms with Crippen molar-refractivity contribution in [3.05, 3.63) is 59.0 Å². The molecular weight excluding hydrogens is 494 g/mol. The summed E-state index contributed by atoms with van der Waals surface area (Å²) < 4.78 is 15.4. The number of nitrogens with one attached hydrogen (secondary N) is 1. The SMILES string of the molecule is CCCCOc1ccc(N(C(=O)c2snc(C(N)=O)c2N)[C@@H](C(=O)NC2CCCC2)c2ccco2)cc1. The van der Waals surface area contributed by atoms with Crippen molar-refractivity contribution in [3.63, 3.8) is 0 Å². The van der Waals surface area contributed by atoms with Gasteiger partial charge in [-0.15, -0.1) is 0 Å². The van der Waals surface area contributed by atoms with E-state index in [1.807, 2.05) is 0 Å². The molecule has 0 saturated heterocycles. The lowest BCUT2D eigenvalue weighted by atomic mass is 10.1. The molecule has 1 fully saturated rings. The molecule has 1 atom stereocenters. The predicted molar refractivity (Wildman–Crippen MR) is 141 cm³/mol. The van der Waals surface area contributed by atoms with Gasteiger partial charge in [-0.2, -0.15) is 4.37 Å². The predicted octanol–water partition coefficient (Wildman–Crippen LogP) is 4.04. The van der Waals surface area contributed by atoms with Gasteiger partial charge in [0.15, 0.2) is 11.7 Å². The van der Waals surface area contributed by atoms with Crippen LogP contribution in [0, 0.1) is 0 Å². The third kappa shape index (κ3) is 5.93. The van der Waals surface area contributed by atoms with Crippen LogP contribution in [0.15, 0.2) is 47.1 Å². The maximum Gasteiger partial charge on any atom is 0.273 e. The first-order chi connectivity index (χ1) is 17.9. The topological polar surface area (TPSA) is 154 Å². The summed E-state index contributed by atoms with van der Waals surface area (Å²) in [6, 6.07) is 9.07. The van der Waals surface area contributed by atoms with E-state index in [-0.39, 0.29) is 34.0 Å². The number of aromatic nitrogens is 1. The maximum absolute atomic E-state index is 14.0. The van der Waals surface area contributed by atoms with Crippen molar-refractivity contribution < 1.29 is 23.5 Å². The van der Waals surface area contributed by atoms with Gasteiger partial charge in [0.05, 0.1) is 18.6 Å². The number of nitrogen functional groups attached to an aromatic ring is 1. The number of unbranched alkanes of at least 4 members (excludes halogenated alkanes) is 1. The average Bonchev–Trinajstić information content (AvgIpc) is 3.65. The molecular formula is C26H31N5O5S. The van der Waals surface area contributed by atoms with Crippen LogP contribution in [0.2, 0.25) is 0 Å². The zero-order chi connectivity index (χ0) is 26.4. The average molecular weight is 526 g/mol. The number of hydrogen-bond acceptors (Lipinski definition) is 8. The van der Waals surface area contributed by atoms with Crippen LogP contribution in [0.3, 0.4) is 0 Å². The third-order valence-electron chi connectivity index (χ3n) is 6.28. The monoisotopic (exact) mass is 525 g/mol. The standard InChI is InChI=1S/C26H31N5O5S/c1-2-3-14-35-18-12-10-17(11-13-18)31(26(34)23-20(27)21(24(28)32)30-37-23)22(19-9-6-15-36-19)25(33)29-16-7-4-5-8-16/h6,9-13,15-16,22H,2-5,7-8,14,27H2,1H3,(H2,28,32)(H,29,33)/t22-/m1/s1. The molecule has 0 aliphatic heterocycles. The molecule has 0 radical (unpaired) electrons. The highest BCUT2D eigenvalue weighted by Gasteiger charge is 2.38. The number of nitrogens with zero attached hydrogens (tertiary/aromatic N) is 2. The van der Waals surface area contributed by atoms with Gasteiger partial charge in [-0.05, 0) is 67.2 Å². The first kappa shape index (κ1) is 26.2. The Morgan fingerprint density at radius 3 is 2.54 bits per heavy atom. The quantitative estimate of drug-likeness (QED) is 0.319. The molecule has 5 N–H and O–H groups in total. The van der Waals surface area contributed by atoms with Crippen molar-refractivity contribution in [2.75, 3.05) is 17.2 Å². The molecule has 1 aliphatic carbocycles. The molecule has 10 nitrogen and oxygen atoms in total. The van der Waals surface area contributed by atoms with E-state index < -0.39 is 17.9 Å². The molecule has 196 valence electrons. The summed E-state index contributed by atoms with van der Waals surface area (Å²) in [5.41, 5.74) is 11.6. The van der Waals surface area contributed by atoms with Gasteiger partial charge >= 0.3 is 0 Å². The Bertz CT molecular complexity index is 1220. The zero-order valence-electron chi connectivity index (χ0n) is 20.6.